The van der Waals surface area contributed by atoms with Gasteiger partial charge in [0.1, 0.15) is 23.7 Å². The maximum absolute atomic E-state index is 13.6. The van der Waals surface area contributed by atoms with E-state index in [-0.39, 0.29) is 49.0 Å². The second-order valence-electron chi connectivity index (χ2n) is 14.4. The normalized spacial score (nSPS) is 20.6. The Balaban J connectivity index is 1.15. The quantitative estimate of drug-likeness (QED) is 0.301. The summed E-state index contributed by atoms with van der Waals surface area (Å²) < 4.78 is 28.6. The number of nitrogens with one attached hydrogen (secondary N) is 1. The molecule has 2 aromatic carbocycles. The Labute approximate surface area is 298 Å². The molecule has 2 bridgehead atoms. The molecule has 0 spiro atoms. The molecule has 3 aliphatic rings. The zero-order valence-electron chi connectivity index (χ0n) is 30.0. The summed E-state index contributed by atoms with van der Waals surface area (Å²) in [5, 5.41) is 14.3. The SMILES string of the molecule is CCOc1cc(C(=O)N2[C@@H]3CCC[C@H]2COC3)ccc1C(=O)NC[C@@H](O)[C@@H]1Cc2ccc(OCc3ocnc3C)cc2CN1C(=O)OC(C)(C)C. The number of aliphatic hydroxyl groups is 1. The van der Waals surface area contributed by atoms with E-state index in [1.54, 1.807) is 39.0 Å². The largest absolute Gasteiger partial charge is 0.493 e. The zero-order chi connectivity index (χ0) is 36.3. The lowest BCUT2D eigenvalue weighted by molar-refractivity contribution is -0.0566. The number of benzene rings is 2. The lowest BCUT2D eigenvalue weighted by Crippen LogP contribution is -2.57. The summed E-state index contributed by atoms with van der Waals surface area (Å²) >= 11 is 0. The summed E-state index contributed by atoms with van der Waals surface area (Å²) in [4.78, 5) is 48.2. The van der Waals surface area contributed by atoms with E-state index >= 15 is 0 Å². The molecule has 0 aliphatic carbocycles. The predicted molar refractivity (Wildman–Crippen MR) is 186 cm³/mol. The van der Waals surface area contributed by atoms with Gasteiger partial charge >= 0.3 is 6.09 Å². The summed E-state index contributed by atoms with van der Waals surface area (Å²) in [5.74, 6) is 0.947. The van der Waals surface area contributed by atoms with Gasteiger partial charge in [-0.3, -0.25) is 14.5 Å². The third-order valence-corrected chi connectivity index (χ3v) is 9.60. The van der Waals surface area contributed by atoms with Crippen molar-refractivity contribution in [1.29, 1.82) is 0 Å². The van der Waals surface area contributed by atoms with Gasteiger partial charge in [-0.2, -0.15) is 0 Å². The van der Waals surface area contributed by atoms with E-state index in [0.29, 0.717) is 43.3 Å². The number of aromatic nitrogens is 1. The highest BCUT2D eigenvalue weighted by molar-refractivity contribution is 6.00. The highest BCUT2D eigenvalue weighted by atomic mass is 16.6. The van der Waals surface area contributed by atoms with Gasteiger partial charge < -0.3 is 38.7 Å². The van der Waals surface area contributed by atoms with Crippen molar-refractivity contribution >= 4 is 17.9 Å². The number of aryl methyl sites for hydroxylation is 1. The molecule has 3 amide bonds. The molecule has 51 heavy (non-hydrogen) atoms. The lowest BCUT2D eigenvalue weighted by atomic mass is 9.91. The molecule has 4 heterocycles. The fourth-order valence-electron chi connectivity index (χ4n) is 7.01. The van der Waals surface area contributed by atoms with Crippen molar-refractivity contribution in [3.8, 4) is 11.5 Å². The summed E-state index contributed by atoms with van der Waals surface area (Å²) in [6, 6.07) is 9.89. The Morgan fingerprint density at radius 1 is 1.06 bits per heavy atom. The third-order valence-electron chi connectivity index (χ3n) is 9.60. The average molecular weight is 705 g/mol. The fraction of sp³-hybridized carbons (Fsp3) is 0.526. The van der Waals surface area contributed by atoms with Crippen LogP contribution in [0.1, 0.15) is 90.3 Å². The molecule has 6 rings (SSSR count). The van der Waals surface area contributed by atoms with Crippen molar-refractivity contribution in [2.45, 2.75) is 103 Å². The molecular formula is C38H48N4O9. The number of piperidine rings is 1. The van der Waals surface area contributed by atoms with Gasteiger partial charge in [0.05, 0.1) is 55.3 Å². The molecule has 1 aromatic heterocycles. The van der Waals surface area contributed by atoms with Crippen LogP contribution in [0.25, 0.3) is 0 Å². The van der Waals surface area contributed by atoms with Gasteiger partial charge in [0.25, 0.3) is 11.8 Å². The van der Waals surface area contributed by atoms with E-state index in [9.17, 15) is 19.5 Å². The van der Waals surface area contributed by atoms with E-state index in [2.05, 4.69) is 10.3 Å². The van der Waals surface area contributed by atoms with E-state index in [1.807, 2.05) is 36.9 Å². The fourth-order valence-corrected chi connectivity index (χ4v) is 7.01. The highest BCUT2D eigenvalue weighted by Crippen LogP contribution is 2.32. The number of rotatable bonds is 10. The van der Waals surface area contributed by atoms with Crippen LogP contribution >= 0.6 is 0 Å². The van der Waals surface area contributed by atoms with E-state index in [1.165, 1.54) is 11.3 Å². The van der Waals surface area contributed by atoms with Crippen LogP contribution in [0.3, 0.4) is 0 Å². The molecule has 3 aliphatic heterocycles. The smallest absolute Gasteiger partial charge is 0.410 e. The highest BCUT2D eigenvalue weighted by Gasteiger charge is 2.39. The molecule has 2 fully saturated rings. The Hall–Kier alpha value is -4.62. The molecule has 13 nitrogen and oxygen atoms in total. The van der Waals surface area contributed by atoms with Crippen LogP contribution in [0.2, 0.25) is 0 Å². The molecule has 13 heteroatoms. The van der Waals surface area contributed by atoms with Crippen LogP contribution in [0.15, 0.2) is 47.2 Å². The van der Waals surface area contributed by atoms with Gasteiger partial charge in [0.15, 0.2) is 12.2 Å². The van der Waals surface area contributed by atoms with Crippen LogP contribution in [0.4, 0.5) is 4.79 Å². The minimum Gasteiger partial charge on any atom is -0.493 e. The Bertz CT molecular complexity index is 1710. The molecular weight excluding hydrogens is 656 g/mol. The van der Waals surface area contributed by atoms with Crippen molar-refractivity contribution in [2.24, 2.45) is 0 Å². The summed E-state index contributed by atoms with van der Waals surface area (Å²) in [7, 11) is 0. The molecule has 2 N–H and O–H groups in total. The molecule has 2 saturated heterocycles. The molecule has 0 unspecified atom stereocenters. The minimum absolute atomic E-state index is 0.0433. The second-order valence-corrected chi connectivity index (χ2v) is 14.4. The number of carbonyl (C=O) groups is 3. The molecule has 4 atom stereocenters. The van der Waals surface area contributed by atoms with Crippen LogP contribution in [-0.2, 0) is 29.0 Å². The van der Waals surface area contributed by atoms with Crippen molar-refractivity contribution < 1.29 is 42.9 Å². The third kappa shape index (κ3) is 8.31. The first-order valence-corrected chi connectivity index (χ1v) is 17.7. The maximum Gasteiger partial charge on any atom is 0.410 e. The first-order valence-electron chi connectivity index (χ1n) is 17.7. The van der Waals surface area contributed by atoms with E-state index in [4.69, 9.17) is 23.4 Å². The first kappa shape index (κ1) is 36.2. The Kier molecular flexibility index (Phi) is 10.9. The standard InChI is InChI=1S/C38H48N4O9/c1-6-48-33-16-25(36(45)42-27-8-7-9-28(42)20-47-19-27)11-13-30(33)35(44)39-17-32(43)31-15-24-10-12-29(49-21-34-23(2)40-22-50-34)14-26(24)18-41(31)37(46)51-38(3,4)5/h10-14,16,22,27-28,31-32,43H,6-9,15,17-21H2,1-5H3,(H,39,44)/t27-,28+,31-,32+/m0/s1. The van der Waals surface area contributed by atoms with Crippen LogP contribution in [0.5, 0.6) is 11.5 Å². The molecule has 0 saturated carbocycles. The number of carbonyl (C=O) groups excluding carboxylic acids is 3. The number of amides is 3. The Morgan fingerprint density at radius 2 is 1.82 bits per heavy atom. The van der Waals surface area contributed by atoms with Crippen LogP contribution in [-0.4, -0.2) is 94.0 Å². The lowest BCUT2D eigenvalue weighted by Gasteiger charge is -2.45. The van der Waals surface area contributed by atoms with Gasteiger partial charge in [-0.05, 0) is 102 Å². The molecule has 0 radical (unpaired) electrons. The number of ether oxygens (including phenoxy) is 4. The summed E-state index contributed by atoms with van der Waals surface area (Å²) in [6.45, 7) is 10.6. The number of aliphatic hydroxyl groups excluding tert-OH is 1. The van der Waals surface area contributed by atoms with Crippen LogP contribution in [0, 0.1) is 6.92 Å². The number of morpholine rings is 1. The number of hydrogen-bond acceptors (Lipinski definition) is 10. The number of fused-ring (bicyclic) bond motifs is 3. The van der Waals surface area contributed by atoms with E-state index < -0.39 is 29.7 Å². The molecule has 274 valence electrons. The number of oxazole rings is 1. The van der Waals surface area contributed by atoms with Gasteiger partial charge in [0.2, 0.25) is 0 Å². The predicted octanol–water partition coefficient (Wildman–Crippen LogP) is 4.81. The monoisotopic (exact) mass is 704 g/mol. The van der Waals surface area contributed by atoms with Gasteiger partial charge in [-0.15, -0.1) is 0 Å². The zero-order valence-corrected chi connectivity index (χ0v) is 30.0. The summed E-state index contributed by atoms with van der Waals surface area (Å²) in [5.41, 5.74) is 2.48. The Morgan fingerprint density at radius 3 is 2.51 bits per heavy atom. The second kappa shape index (κ2) is 15.3. The van der Waals surface area contributed by atoms with Crippen LogP contribution < -0.4 is 14.8 Å². The van der Waals surface area contributed by atoms with Gasteiger partial charge in [0, 0.05) is 18.7 Å². The topological polar surface area (TPSA) is 153 Å². The molecule has 3 aromatic rings. The van der Waals surface area contributed by atoms with Crippen molar-refractivity contribution in [3.05, 3.63) is 76.5 Å². The summed E-state index contributed by atoms with van der Waals surface area (Å²) in [6.07, 6.45) is 2.88. The minimum atomic E-state index is -1.13. The van der Waals surface area contributed by atoms with Crippen molar-refractivity contribution in [2.75, 3.05) is 26.4 Å². The average Bonchev–Trinajstić information content (AvgIpc) is 3.51. The van der Waals surface area contributed by atoms with Crippen molar-refractivity contribution in [3.63, 3.8) is 0 Å². The van der Waals surface area contributed by atoms with E-state index in [0.717, 1.165) is 36.1 Å². The van der Waals surface area contributed by atoms with Gasteiger partial charge in [-0.25, -0.2) is 9.78 Å². The van der Waals surface area contributed by atoms with Crippen molar-refractivity contribution in [1.82, 2.24) is 20.1 Å². The number of hydrogen-bond donors (Lipinski definition) is 2. The van der Waals surface area contributed by atoms with Gasteiger partial charge in [-0.1, -0.05) is 6.07 Å². The maximum atomic E-state index is 13.6. The first-order chi connectivity index (χ1) is 24.4. The number of nitrogens with zero attached hydrogens (tertiary/aromatic N) is 3.